The monoisotopic (exact) mass is 268 g/mol. The lowest BCUT2D eigenvalue weighted by atomic mass is 10.0. The van der Waals surface area contributed by atoms with Crippen LogP contribution in [0.4, 0.5) is 11.5 Å². The second-order valence-electron chi connectivity index (χ2n) is 4.34. The number of aliphatic hydroxyl groups is 1. The van der Waals surface area contributed by atoms with Crippen molar-refractivity contribution in [2.45, 2.75) is 25.3 Å². The van der Waals surface area contributed by atoms with Crippen LogP contribution in [0.2, 0.25) is 0 Å². The Morgan fingerprint density at radius 1 is 1.58 bits per heavy atom. The molecule has 0 aromatic carbocycles. The first kappa shape index (κ1) is 13.5. The average molecular weight is 268 g/mol. The summed E-state index contributed by atoms with van der Waals surface area (Å²) in [5.41, 5.74) is -0.245. The molecule has 1 atom stereocenters. The van der Waals surface area contributed by atoms with E-state index in [2.05, 4.69) is 9.97 Å². The van der Waals surface area contributed by atoms with Crippen LogP contribution in [0.1, 0.15) is 19.3 Å². The summed E-state index contributed by atoms with van der Waals surface area (Å²) in [5.74, 6) is 0.160. The van der Waals surface area contributed by atoms with Gasteiger partial charge in [0.1, 0.15) is 6.33 Å². The molecule has 0 radical (unpaired) electrons. The molecule has 0 amide bonds. The van der Waals surface area contributed by atoms with Gasteiger partial charge in [-0.1, -0.05) is 0 Å². The second-order valence-corrected chi connectivity index (χ2v) is 4.34. The Labute approximate surface area is 110 Å². The van der Waals surface area contributed by atoms with Gasteiger partial charge in [-0.25, -0.2) is 4.98 Å². The Bertz CT molecular complexity index is 468. The van der Waals surface area contributed by atoms with E-state index in [-0.39, 0.29) is 30.0 Å². The maximum absolute atomic E-state index is 11.2. The number of piperidine rings is 1. The number of ether oxygens (including phenoxy) is 1. The summed E-state index contributed by atoms with van der Waals surface area (Å²) in [4.78, 5) is 20.2. The van der Waals surface area contributed by atoms with Gasteiger partial charge in [0.25, 0.3) is 5.88 Å². The van der Waals surface area contributed by atoms with Crippen molar-refractivity contribution in [3.63, 3.8) is 0 Å². The molecule has 1 aromatic rings. The Balaban J connectivity index is 2.45. The zero-order chi connectivity index (χ0) is 13.8. The molecule has 19 heavy (non-hydrogen) atoms. The number of hydrogen-bond donors (Lipinski definition) is 1. The molecule has 8 heteroatoms. The fourth-order valence-electron chi connectivity index (χ4n) is 2.34. The van der Waals surface area contributed by atoms with E-state index in [9.17, 15) is 15.2 Å². The highest BCUT2D eigenvalue weighted by molar-refractivity contribution is 5.63. The number of aliphatic hydroxyl groups excluding tert-OH is 1. The van der Waals surface area contributed by atoms with Gasteiger partial charge in [-0.15, -0.1) is 0 Å². The van der Waals surface area contributed by atoms with Crippen LogP contribution in [0.3, 0.4) is 0 Å². The summed E-state index contributed by atoms with van der Waals surface area (Å²) < 4.78 is 4.93. The fraction of sp³-hybridized carbons (Fsp3) is 0.636. The highest BCUT2D eigenvalue weighted by atomic mass is 16.6. The van der Waals surface area contributed by atoms with Crippen LogP contribution in [0.5, 0.6) is 5.88 Å². The van der Waals surface area contributed by atoms with Gasteiger partial charge in [-0.2, -0.15) is 4.98 Å². The maximum atomic E-state index is 11.2. The highest BCUT2D eigenvalue weighted by Crippen LogP contribution is 2.35. The fourth-order valence-corrected chi connectivity index (χ4v) is 2.34. The zero-order valence-corrected chi connectivity index (χ0v) is 10.7. The predicted molar refractivity (Wildman–Crippen MR) is 67.3 cm³/mol. The van der Waals surface area contributed by atoms with Crippen molar-refractivity contribution in [3.8, 4) is 5.88 Å². The van der Waals surface area contributed by atoms with Crippen LogP contribution in [0.15, 0.2) is 6.33 Å². The van der Waals surface area contributed by atoms with Gasteiger partial charge in [0.15, 0.2) is 0 Å². The average Bonchev–Trinajstić information content (AvgIpc) is 2.46. The van der Waals surface area contributed by atoms with Gasteiger partial charge >= 0.3 is 5.69 Å². The Hall–Kier alpha value is -1.96. The van der Waals surface area contributed by atoms with Crippen molar-refractivity contribution in [3.05, 3.63) is 16.4 Å². The maximum Gasteiger partial charge on any atom is 0.372 e. The number of anilines is 1. The van der Waals surface area contributed by atoms with E-state index in [4.69, 9.17) is 4.74 Å². The number of aromatic nitrogens is 2. The quantitative estimate of drug-likeness (QED) is 0.634. The van der Waals surface area contributed by atoms with Crippen molar-refractivity contribution < 1.29 is 14.8 Å². The summed E-state index contributed by atoms with van der Waals surface area (Å²) in [5, 5.41) is 20.6. The van der Waals surface area contributed by atoms with Crippen molar-refractivity contribution in [2.24, 2.45) is 0 Å². The molecule has 1 N–H and O–H groups in total. The lowest BCUT2D eigenvalue weighted by molar-refractivity contribution is -0.385. The first-order valence-corrected chi connectivity index (χ1v) is 6.10. The predicted octanol–water partition coefficient (Wildman–Crippen LogP) is 0.745. The lowest BCUT2D eigenvalue weighted by Crippen LogP contribution is -2.42. The van der Waals surface area contributed by atoms with Gasteiger partial charge in [-0.3, -0.25) is 10.1 Å². The number of nitrogens with zero attached hydrogens (tertiary/aromatic N) is 4. The summed E-state index contributed by atoms with van der Waals surface area (Å²) in [6.07, 6.45) is 3.95. The van der Waals surface area contributed by atoms with Crippen molar-refractivity contribution >= 4 is 11.5 Å². The van der Waals surface area contributed by atoms with Crippen LogP contribution >= 0.6 is 0 Å². The SMILES string of the molecule is COc1ncnc(N2CCCCC2CO)c1[N+](=O)[O-]. The van der Waals surface area contributed by atoms with Crippen molar-refractivity contribution in [2.75, 3.05) is 25.2 Å². The number of hydrogen-bond acceptors (Lipinski definition) is 7. The number of methoxy groups -OCH3 is 1. The molecular formula is C11H16N4O4. The highest BCUT2D eigenvalue weighted by Gasteiger charge is 2.32. The molecule has 0 spiro atoms. The molecule has 0 saturated carbocycles. The summed E-state index contributed by atoms with van der Waals surface area (Å²) >= 11 is 0. The third-order valence-electron chi connectivity index (χ3n) is 3.26. The molecule has 104 valence electrons. The molecule has 1 aliphatic rings. The van der Waals surface area contributed by atoms with E-state index < -0.39 is 4.92 Å². The first-order chi connectivity index (χ1) is 9.19. The standard InChI is InChI=1S/C11H16N4O4/c1-19-11-9(15(17)18)10(12-7-13-11)14-5-3-2-4-8(14)6-16/h7-8,16H,2-6H2,1H3. The topological polar surface area (TPSA) is 102 Å². The van der Waals surface area contributed by atoms with E-state index in [0.717, 1.165) is 19.3 Å². The normalized spacial score (nSPS) is 19.3. The van der Waals surface area contributed by atoms with Gasteiger partial charge in [-0.05, 0) is 19.3 Å². The third-order valence-corrected chi connectivity index (χ3v) is 3.26. The molecular weight excluding hydrogens is 252 g/mol. The van der Waals surface area contributed by atoms with Gasteiger partial charge in [0, 0.05) is 6.54 Å². The van der Waals surface area contributed by atoms with Crippen LogP contribution in [0, 0.1) is 10.1 Å². The van der Waals surface area contributed by atoms with E-state index >= 15 is 0 Å². The molecule has 1 aromatic heterocycles. The van der Waals surface area contributed by atoms with E-state index in [0.29, 0.717) is 6.54 Å². The molecule has 8 nitrogen and oxygen atoms in total. The van der Waals surface area contributed by atoms with Crippen molar-refractivity contribution in [1.82, 2.24) is 9.97 Å². The molecule has 0 aliphatic carbocycles. The smallest absolute Gasteiger partial charge is 0.372 e. The summed E-state index contributed by atoms with van der Waals surface area (Å²) in [7, 11) is 1.33. The minimum absolute atomic E-state index is 0.0521. The molecule has 2 heterocycles. The molecule has 0 bridgehead atoms. The third kappa shape index (κ3) is 2.58. The first-order valence-electron chi connectivity index (χ1n) is 6.10. The summed E-state index contributed by atoms with van der Waals surface area (Å²) in [6.45, 7) is 0.579. The lowest BCUT2D eigenvalue weighted by Gasteiger charge is -2.34. The largest absolute Gasteiger partial charge is 0.476 e. The van der Waals surface area contributed by atoms with E-state index in [1.54, 1.807) is 4.90 Å². The van der Waals surface area contributed by atoms with E-state index in [1.165, 1.54) is 13.4 Å². The minimum Gasteiger partial charge on any atom is -0.476 e. The van der Waals surface area contributed by atoms with Crippen LogP contribution in [0.25, 0.3) is 0 Å². The van der Waals surface area contributed by atoms with Gasteiger partial charge < -0.3 is 14.7 Å². The van der Waals surface area contributed by atoms with Crippen LogP contribution < -0.4 is 9.64 Å². The number of rotatable bonds is 4. The second kappa shape index (κ2) is 5.79. The van der Waals surface area contributed by atoms with Gasteiger partial charge in [0.05, 0.1) is 24.7 Å². The Morgan fingerprint density at radius 2 is 2.37 bits per heavy atom. The molecule has 1 fully saturated rings. The zero-order valence-electron chi connectivity index (χ0n) is 10.7. The Morgan fingerprint density at radius 3 is 3.00 bits per heavy atom. The molecule has 1 aliphatic heterocycles. The van der Waals surface area contributed by atoms with Gasteiger partial charge in [0.2, 0.25) is 5.82 Å². The molecule has 2 rings (SSSR count). The number of nitro groups is 1. The van der Waals surface area contributed by atoms with Crippen LogP contribution in [-0.2, 0) is 0 Å². The van der Waals surface area contributed by atoms with E-state index in [1.807, 2.05) is 0 Å². The molecule has 1 saturated heterocycles. The minimum atomic E-state index is -0.544. The molecule has 1 unspecified atom stereocenters. The van der Waals surface area contributed by atoms with Crippen LogP contribution in [-0.4, -0.2) is 46.3 Å². The Kier molecular flexibility index (Phi) is 4.10. The summed E-state index contributed by atoms with van der Waals surface area (Å²) in [6, 6.07) is -0.146. The van der Waals surface area contributed by atoms with Crippen molar-refractivity contribution in [1.29, 1.82) is 0 Å².